The van der Waals surface area contributed by atoms with Gasteiger partial charge in [0.25, 0.3) is 0 Å². The molecule has 0 aliphatic rings. The zero-order chi connectivity index (χ0) is 38.7. The van der Waals surface area contributed by atoms with Crippen LogP contribution in [0.2, 0.25) is 0 Å². The summed E-state index contributed by atoms with van der Waals surface area (Å²) in [6.07, 6.45) is 0. The topological polar surface area (TPSA) is 102 Å². The molecule has 5 aromatic carbocycles. The maximum atomic E-state index is 12.1. The van der Waals surface area contributed by atoms with E-state index in [0.717, 1.165) is 21.5 Å². The van der Waals surface area contributed by atoms with Gasteiger partial charge in [-0.15, -0.1) is 0 Å². The van der Waals surface area contributed by atoms with E-state index >= 15 is 0 Å². The van der Waals surface area contributed by atoms with Crippen molar-refractivity contribution in [1.82, 2.24) is 0 Å². The van der Waals surface area contributed by atoms with Gasteiger partial charge in [-0.25, -0.2) is 25.3 Å². The van der Waals surface area contributed by atoms with Crippen LogP contribution in [-0.2, 0) is 29.5 Å². The Morgan fingerprint density at radius 2 is 0.760 bits per heavy atom. The largest absolute Gasteiger partial charge is 0.223 e. The van der Waals surface area contributed by atoms with E-state index in [9.17, 15) is 25.3 Å². The van der Waals surface area contributed by atoms with E-state index in [-0.39, 0.29) is 10.5 Å². The number of hydrogen-bond acceptors (Lipinski definition) is 6. The van der Waals surface area contributed by atoms with Gasteiger partial charge in [0.15, 0.2) is 29.5 Å². The molecule has 0 unspecified atom stereocenters. The minimum Gasteiger partial charge on any atom is -0.223 e. The van der Waals surface area contributed by atoms with Gasteiger partial charge in [-0.2, -0.15) is 0 Å². The summed E-state index contributed by atoms with van der Waals surface area (Å²) in [5.74, 6) is 0. The van der Waals surface area contributed by atoms with Gasteiger partial charge in [0.1, 0.15) is 0 Å². The van der Waals surface area contributed by atoms with Crippen LogP contribution in [0.1, 0.15) is 83.1 Å². The normalized spacial score (nSPS) is 11.0. The SMILES string of the molecule is CC.CC.CC.CC(C)S(=O)(=O)c1ccc2ccccc2c1.CC(C)S(=O)(=O)c1cccc2ccccc12.CC(C)S(=O)(=O)c1ccccc1. The van der Waals surface area contributed by atoms with Gasteiger partial charge in [-0.1, -0.05) is 126 Å². The Hall–Kier alpha value is -3.53. The molecule has 0 spiro atoms. The lowest BCUT2D eigenvalue weighted by Gasteiger charge is -2.10. The third-order valence-corrected chi connectivity index (χ3v) is 13.6. The van der Waals surface area contributed by atoms with Gasteiger partial charge in [0, 0.05) is 5.39 Å². The molecule has 0 bridgehead atoms. The van der Waals surface area contributed by atoms with E-state index in [2.05, 4.69) is 0 Å². The lowest BCUT2D eigenvalue weighted by molar-refractivity contribution is 0.586. The van der Waals surface area contributed by atoms with E-state index in [0.29, 0.717) is 14.7 Å². The highest BCUT2D eigenvalue weighted by Crippen LogP contribution is 2.26. The van der Waals surface area contributed by atoms with Crippen molar-refractivity contribution < 1.29 is 25.3 Å². The first-order valence-corrected chi connectivity index (χ1v) is 22.0. The van der Waals surface area contributed by atoms with Crippen LogP contribution < -0.4 is 0 Å². The molecule has 0 amide bonds. The van der Waals surface area contributed by atoms with E-state index in [1.807, 2.05) is 102 Å². The number of benzene rings is 5. The summed E-state index contributed by atoms with van der Waals surface area (Å²) in [6, 6.07) is 34.5. The minimum absolute atomic E-state index is 0.347. The van der Waals surface area contributed by atoms with Gasteiger partial charge in [0.2, 0.25) is 0 Å². The molecule has 6 nitrogen and oxygen atoms in total. The maximum absolute atomic E-state index is 12.1. The van der Waals surface area contributed by atoms with Crippen molar-refractivity contribution in [2.45, 2.75) is 114 Å². The van der Waals surface area contributed by atoms with Crippen molar-refractivity contribution >= 4 is 51.1 Å². The van der Waals surface area contributed by atoms with Crippen molar-refractivity contribution in [1.29, 1.82) is 0 Å². The molecule has 5 aromatic rings. The Morgan fingerprint density at radius 3 is 1.26 bits per heavy atom. The molecule has 0 aromatic heterocycles. The first kappa shape index (κ1) is 46.5. The van der Waals surface area contributed by atoms with Crippen molar-refractivity contribution in [3.8, 4) is 0 Å². The standard InChI is InChI=1S/2C13H14O2S.C9H12O2S.3C2H6/c1-10(2)16(14,15)13-9-5-7-11-6-3-4-8-12(11)13;1-10(2)16(14,15)13-8-7-11-5-3-4-6-12(11)9-13;1-8(2)12(10,11)9-6-4-3-5-7-9;3*1-2/h2*3-10H,1-2H3;3-8H,1-2H3;3*1-2H3. The van der Waals surface area contributed by atoms with Crippen LogP contribution in [0.4, 0.5) is 0 Å². The monoisotopic (exact) mass is 742 g/mol. The molecule has 0 saturated heterocycles. The Balaban J connectivity index is 0.000000675. The molecule has 5 rings (SSSR count). The van der Waals surface area contributed by atoms with Crippen molar-refractivity contribution in [2.75, 3.05) is 0 Å². The number of hydrogen-bond donors (Lipinski definition) is 0. The zero-order valence-electron chi connectivity index (χ0n) is 31.9. The van der Waals surface area contributed by atoms with Crippen molar-refractivity contribution in [3.63, 3.8) is 0 Å². The van der Waals surface area contributed by atoms with E-state index < -0.39 is 34.8 Å². The van der Waals surface area contributed by atoms with Crippen molar-refractivity contribution in [3.05, 3.63) is 115 Å². The molecule has 0 radical (unpaired) electrons. The quantitative estimate of drug-likeness (QED) is 0.172. The minimum atomic E-state index is -3.20. The summed E-state index contributed by atoms with van der Waals surface area (Å²) in [7, 11) is -9.45. The summed E-state index contributed by atoms with van der Waals surface area (Å²) in [5, 5.41) is 2.67. The van der Waals surface area contributed by atoms with Crippen LogP contribution in [0.25, 0.3) is 21.5 Å². The molecule has 0 saturated carbocycles. The summed E-state index contributed by atoms with van der Waals surface area (Å²) in [6.45, 7) is 22.2. The predicted octanol–water partition coefficient (Wildman–Crippen LogP) is 11.0. The molecule has 50 heavy (non-hydrogen) atoms. The van der Waals surface area contributed by atoms with Crippen LogP contribution in [0.15, 0.2) is 130 Å². The van der Waals surface area contributed by atoms with E-state index in [4.69, 9.17) is 0 Å². The van der Waals surface area contributed by atoms with Crippen LogP contribution in [0.5, 0.6) is 0 Å². The average Bonchev–Trinajstić information content (AvgIpc) is 3.14. The van der Waals surface area contributed by atoms with Gasteiger partial charge in [-0.3, -0.25) is 0 Å². The van der Waals surface area contributed by atoms with E-state index in [1.165, 1.54) is 0 Å². The molecule has 0 aliphatic carbocycles. The second kappa shape index (κ2) is 22.3. The highest BCUT2D eigenvalue weighted by Gasteiger charge is 2.21. The van der Waals surface area contributed by atoms with Gasteiger partial charge in [0.05, 0.1) is 30.4 Å². The third kappa shape index (κ3) is 12.7. The Morgan fingerprint density at radius 1 is 0.360 bits per heavy atom. The van der Waals surface area contributed by atoms with Crippen LogP contribution in [-0.4, -0.2) is 41.0 Å². The van der Waals surface area contributed by atoms with Gasteiger partial charge >= 0.3 is 0 Å². The fraction of sp³-hybridized carbons (Fsp3) is 0.366. The molecule has 276 valence electrons. The lowest BCUT2D eigenvalue weighted by Crippen LogP contribution is -2.14. The highest BCUT2D eigenvalue weighted by molar-refractivity contribution is 7.92. The van der Waals surface area contributed by atoms with E-state index in [1.54, 1.807) is 96.1 Å². The molecule has 0 aliphatic heterocycles. The summed E-state index contributed by atoms with van der Waals surface area (Å²) < 4.78 is 71.3. The number of sulfone groups is 3. The van der Waals surface area contributed by atoms with Crippen LogP contribution >= 0.6 is 0 Å². The molecular weight excluding hydrogens is 685 g/mol. The van der Waals surface area contributed by atoms with Gasteiger partial charge < -0.3 is 0 Å². The fourth-order valence-electron chi connectivity index (χ4n) is 4.20. The summed E-state index contributed by atoms with van der Waals surface area (Å²) in [5.41, 5.74) is 0. The van der Waals surface area contributed by atoms with Crippen molar-refractivity contribution in [2.24, 2.45) is 0 Å². The smallest absolute Gasteiger partial charge is 0.181 e. The second-order valence-corrected chi connectivity index (χ2v) is 18.6. The molecule has 0 heterocycles. The summed E-state index contributed by atoms with van der Waals surface area (Å²) in [4.78, 5) is 1.24. The Bertz CT molecular complexity index is 2020. The molecule has 0 N–H and O–H groups in total. The third-order valence-electron chi connectivity index (χ3n) is 7.04. The molecule has 0 atom stereocenters. The van der Waals surface area contributed by atoms with Crippen LogP contribution in [0, 0.1) is 0 Å². The molecule has 0 fully saturated rings. The number of rotatable bonds is 6. The Labute approximate surface area is 303 Å². The van der Waals surface area contributed by atoms with Crippen LogP contribution in [0.3, 0.4) is 0 Å². The summed E-state index contributed by atoms with van der Waals surface area (Å²) >= 11 is 0. The molecule has 9 heteroatoms. The zero-order valence-corrected chi connectivity index (χ0v) is 34.3. The average molecular weight is 743 g/mol. The second-order valence-electron chi connectivity index (χ2n) is 11.1. The number of fused-ring (bicyclic) bond motifs is 2. The predicted molar refractivity (Wildman–Crippen MR) is 215 cm³/mol. The first-order chi connectivity index (χ1) is 23.6. The lowest BCUT2D eigenvalue weighted by atomic mass is 10.1. The maximum Gasteiger partial charge on any atom is 0.181 e. The Kier molecular flexibility index (Phi) is 20.7. The van der Waals surface area contributed by atoms with Gasteiger partial charge in [-0.05, 0) is 88.0 Å². The first-order valence-electron chi connectivity index (χ1n) is 17.3. The molecular formula is C41H58O6S3. The highest BCUT2D eigenvalue weighted by atomic mass is 32.2. The fourth-order valence-corrected chi connectivity index (χ4v) is 7.64.